The lowest BCUT2D eigenvalue weighted by Gasteiger charge is -2.37. The van der Waals surface area contributed by atoms with Crippen molar-refractivity contribution in [1.82, 2.24) is 0 Å². The molecule has 4 aliphatic carbocycles. The number of benzene rings is 10. The van der Waals surface area contributed by atoms with Crippen LogP contribution < -0.4 is 9.80 Å². The molecule has 10 aromatic carbocycles. The zero-order chi connectivity index (χ0) is 46.2. The normalized spacial score (nSPS) is 15.9. The van der Waals surface area contributed by atoms with Gasteiger partial charge in [0, 0.05) is 44.4 Å². The number of rotatable bonds is 7. The third kappa shape index (κ3) is 6.25. The van der Waals surface area contributed by atoms with Gasteiger partial charge in [0.1, 0.15) is 0 Å². The Labute approximate surface area is 412 Å². The summed E-state index contributed by atoms with van der Waals surface area (Å²) in [6.07, 6.45) is 12.5. The average Bonchev–Trinajstić information content (AvgIpc) is 3.85. The van der Waals surface area contributed by atoms with E-state index in [-0.39, 0.29) is 10.8 Å². The van der Waals surface area contributed by atoms with Crippen molar-refractivity contribution in [3.8, 4) is 33.4 Å². The van der Waals surface area contributed by atoms with Gasteiger partial charge < -0.3 is 9.80 Å². The number of hydrogen-bond acceptors (Lipinski definition) is 2. The molecule has 4 aliphatic rings. The third-order valence-corrected chi connectivity index (χ3v) is 17.0. The maximum atomic E-state index is 2.58. The van der Waals surface area contributed by atoms with Crippen LogP contribution in [-0.4, -0.2) is 0 Å². The van der Waals surface area contributed by atoms with Gasteiger partial charge in [-0.1, -0.05) is 196 Å². The molecule has 2 heteroatoms. The Balaban J connectivity index is 0.867. The summed E-state index contributed by atoms with van der Waals surface area (Å²) in [6.45, 7) is 0. The van der Waals surface area contributed by atoms with Crippen molar-refractivity contribution >= 4 is 55.7 Å². The molecule has 0 aromatic heterocycles. The van der Waals surface area contributed by atoms with Gasteiger partial charge in [0.25, 0.3) is 0 Å². The average molecular weight is 901 g/mol. The molecule has 338 valence electrons. The largest absolute Gasteiger partial charge is 0.310 e. The predicted molar refractivity (Wildman–Crippen MR) is 295 cm³/mol. The lowest BCUT2D eigenvalue weighted by molar-refractivity contribution is 0.353. The Bertz CT molecular complexity index is 3350. The molecular formula is C68H56N2. The van der Waals surface area contributed by atoms with Gasteiger partial charge in [-0.25, -0.2) is 0 Å². The van der Waals surface area contributed by atoms with Gasteiger partial charge in [-0.05, 0) is 153 Å². The smallest absolute Gasteiger partial charge is 0.0543 e. The van der Waals surface area contributed by atoms with E-state index in [0.717, 1.165) is 22.7 Å². The van der Waals surface area contributed by atoms with Crippen molar-refractivity contribution in [1.29, 1.82) is 0 Å². The Kier molecular flexibility index (Phi) is 9.73. The van der Waals surface area contributed by atoms with Crippen LogP contribution in [0.2, 0.25) is 0 Å². The molecule has 0 radical (unpaired) electrons. The summed E-state index contributed by atoms with van der Waals surface area (Å²) in [7, 11) is 0. The van der Waals surface area contributed by atoms with Gasteiger partial charge in [-0.2, -0.15) is 0 Å². The van der Waals surface area contributed by atoms with Gasteiger partial charge in [0.2, 0.25) is 0 Å². The first kappa shape index (κ1) is 41.3. The zero-order valence-electron chi connectivity index (χ0n) is 39.8. The molecule has 0 unspecified atom stereocenters. The fraction of sp³-hybridized carbons (Fsp3) is 0.176. The van der Waals surface area contributed by atoms with Crippen LogP contribution >= 0.6 is 0 Å². The van der Waals surface area contributed by atoms with Gasteiger partial charge in [-0.15, -0.1) is 0 Å². The molecule has 14 rings (SSSR count). The van der Waals surface area contributed by atoms with E-state index >= 15 is 0 Å². The molecule has 0 amide bonds. The first-order valence-electron chi connectivity index (χ1n) is 25.9. The standard InChI is InChI=1S/C68H56N2/c1-5-21-49(22-6-1)69(63-45-61-65(55-27-11-9-25-53(55)63)57-29-13-15-31-59(57)67(61)41-17-3-18-42-67)51-37-33-47(34-38-51)48-35-39-52(40-36-48)70(50-23-7-2-8-24-50)64-46-62-66(56-28-12-10-26-54(56)64)58-30-14-16-32-60(58)68(62)43-19-4-20-44-68/h1-2,5-16,21-40,45-46H,3-4,17-20,41-44H2. The monoisotopic (exact) mass is 900 g/mol. The number of anilines is 6. The van der Waals surface area contributed by atoms with Crippen LogP contribution in [0, 0.1) is 0 Å². The molecule has 70 heavy (non-hydrogen) atoms. The van der Waals surface area contributed by atoms with Crippen molar-refractivity contribution in [2.45, 2.75) is 75.0 Å². The first-order chi connectivity index (χ1) is 34.7. The molecule has 2 fully saturated rings. The molecule has 2 saturated carbocycles. The first-order valence-corrected chi connectivity index (χ1v) is 25.9. The Morgan fingerprint density at radius 2 is 0.600 bits per heavy atom. The molecule has 0 heterocycles. The molecule has 0 atom stereocenters. The van der Waals surface area contributed by atoms with E-state index in [1.807, 2.05) is 0 Å². The fourth-order valence-corrected chi connectivity index (χ4v) is 13.9. The van der Waals surface area contributed by atoms with E-state index in [0.29, 0.717) is 0 Å². The van der Waals surface area contributed by atoms with Gasteiger partial charge in [0.05, 0.1) is 11.4 Å². The SMILES string of the molecule is c1ccc(N(c2ccc(-c3ccc(N(c4ccccc4)c4cc5c(c6ccccc46)-c4ccccc4C54CCCCC4)cc3)cc2)c2cc3c(c4ccccc24)-c2ccccc2C32CCCCC2)cc1. The summed E-state index contributed by atoms with van der Waals surface area (Å²) >= 11 is 0. The quantitative estimate of drug-likeness (QED) is 0.157. The summed E-state index contributed by atoms with van der Waals surface area (Å²) in [5, 5.41) is 5.26. The van der Waals surface area contributed by atoms with Crippen LogP contribution in [0.15, 0.2) is 218 Å². The Morgan fingerprint density at radius 3 is 1.00 bits per heavy atom. The van der Waals surface area contributed by atoms with Crippen LogP contribution in [0.4, 0.5) is 34.1 Å². The predicted octanol–water partition coefficient (Wildman–Crippen LogP) is 19.1. The summed E-state index contributed by atoms with van der Waals surface area (Å²) in [5.41, 5.74) is 21.4. The topological polar surface area (TPSA) is 6.48 Å². The van der Waals surface area contributed by atoms with E-state index in [9.17, 15) is 0 Å². The minimum atomic E-state index is 0.0501. The third-order valence-electron chi connectivity index (χ3n) is 17.0. The number of fused-ring (bicyclic) bond motifs is 14. The van der Waals surface area contributed by atoms with Crippen molar-refractivity contribution in [2.24, 2.45) is 0 Å². The minimum Gasteiger partial charge on any atom is -0.310 e. The van der Waals surface area contributed by atoms with E-state index < -0.39 is 0 Å². The number of para-hydroxylation sites is 2. The van der Waals surface area contributed by atoms with Crippen LogP contribution in [0.1, 0.15) is 86.5 Å². The van der Waals surface area contributed by atoms with Crippen molar-refractivity contribution < 1.29 is 0 Å². The van der Waals surface area contributed by atoms with Crippen LogP contribution in [0.25, 0.3) is 54.9 Å². The lowest BCUT2D eigenvalue weighted by Crippen LogP contribution is -2.28. The van der Waals surface area contributed by atoms with Crippen LogP contribution in [0.3, 0.4) is 0 Å². The number of hydrogen-bond donors (Lipinski definition) is 0. The highest BCUT2D eigenvalue weighted by molar-refractivity contribution is 6.11. The molecule has 0 saturated heterocycles. The number of nitrogens with zero attached hydrogens (tertiary/aromatic N) is 2. The minimum absolute atomic E-state index is 0.0501. The summed E-state index contributed by atoms with van der Waals surface area (Å²) in [6, 6.07) is 82.6. The summed E-state index contributed by atoms with van der Waals surface area (Å²) in [5.74, 6) is 0. The second kappa shape index (κ2) is 16.5. The molecule has 10 aromatic rings. The van der Waals surface area contributed by atoms with Crippen molar-refractivity contribution in [3.05, 3.63) is 241 Å². The maximum Gasteiger partial charge on any atom is 0.0543 e. The fourth-order valence-electron chi connectivity index (χ4n) is 13.9. The highest BCUT2D eigenvalue weighted by atomic mass is 15.1. The molecule has 0 aliphatic heterocycles. The van der Waals surface area contributed by atoms with Gasteiger partial charge >= 0.3 is 0 Å². The second-order valence-corrected chi connectivity index (χ2v) is 20.5. The summed E-state index contributed by atoms with van der Waals surface area (Å²) < 4.78 is 0. The van der Waals surface area contributed by atoms with Gasteiger partial charge in [0.15, 0.2) is 0 Å². The van der Waals surface area contributed by atoms with E-state index in [1.165, 1.54) is 153 Å². The highest BCUT2D eigenvalue weighted by Gasteiger charge is 2.46. The highest BCUT2D eigenvalue weighted by Crippen LogP contribution is 2.61. The van der Waals surface area contributed by atoms with Crippen molar-refractivity contribution in [2.75, 3.05) is 9.80 Å². The Hall–Kier alpha value is -7.68. The van der Waals surface area contributed by atoms with Gasteiger partial charge in [-0.3, -0.25) is 0 Å². The molecular weight excluding hydrogens is 845 g/mol. The second-order valence-electron chi connectivity index (χ2n) is 20.5. The van der Waals surface area contributed by atoms with Crippen LogP contribution in [-0.2, 0) is 10.8 Å². The van der Waals surface area contributed by atoms with Crippen molar-refractivity contribution in [3.63, 3.8) is 0 Å². The molecule has 0 N–H and O–H groups in total. The zero-order valence-corrected chi connectivity index (χ0v) is 39.8. The van der Waals surface area contributed by atoms with Crippen LogP contribution in [0.5, 0.6) is 0 Å². The Morgan fingerprint density at radius 1 is 0.271 bits per heavy atom. The van der Waals surface area contributed by atoms with E-state index in [4.69, 9.17) is 0 Å². The molecule has 2 nitrogen and oxygen atoms in total. The maximum absolute atomic E-state index is 2.58. The van der Waals surface area contributed by atoms with E-state index in [1.54, 1.807) is 0 Å². The lowest BCUT2D eigenvalue weighted by atomic mass is 9.67. The molecule has 0 bridgehead atoms. The van der Waals surface area contributed by atoms with E-state index in [2.05, 4.69) is 228 Å². The molecule has 2 spiro atoms. The summed E-state index contributed by atoms with van der Waals surface area (Å²) in [4.78, 5) is 5.01.